The van der Waals surface area contributed by atoms with Crippen molar-refractivity contribution in [2.75, 3.05) is 39.3 Å². The average molecular weight is 293 g/mol. The quantitative estimate of drug-likeness (QED) is 0.842. The lowest BCUT2D eigenvalue weighted by atomic mass is 9.57. The number of carbonyl (C=O) groups is 1. The Bertz CT molecular complexity index is 368. The van der Waals surface area contributed by atoms with Crippen molar-refractivity contribution < 1.29 is 4.79 Å². The molecule has 4 heteroatoms. The van der Waals surface area contributed by atoms with Gasteiger partial charge in [-0.25, -0.2) is 0 Å². The number of hydrogen-bond acceptors (Lipinski definition) is 3. The lowest BCUT2D eigenvalue weighted by Gasteiger charge is -2.50. The van der Waals surface area contributed by atoms with E-state index >= 15 is 0 Å². The van der Waals surface area contributed by atoms with E-state index in [0.717, 1.165) is 58.5 Å². The third-order valence-electron chi connectivity index (χ3n) is 5.94. The Kier molecular flexibility index (Phi) is 4.55. The van der Waals surface area contributed by atoms with Crippen LogP contribution in [0, 0.1) is 11.3 Å². The van der Waals surface area contributed by atoms with Crippen LogP contribution in [0.3, 0.4) is 0 Å². The van der Waals surface area contributed by atoms with Crippen molar-refractivity contribution in [1.82, 2.24) is 15.1 Å². The van der Waals surface area contributed by atoms with Crippen molar-refractivity contribution in [3.8, 4) is 0 Å². The highest BCUT2D eigenvalue weighted by atomic mass is 16.2. The highest BCUT2D eigenvalue weighted by molar-refractivity contribution is 5.80. The van der Waals surface area contributed by atoms with Crippen LogP contribution in [-0.4, -0.2) is 61.0 Å². The number of hydrogen-bond donors (Lipinski definition) is 1. The predicted octanol–water partition coefficient (Wildman–Crippen LogP) is 1.71. The summed E-state index contributed by atoms with van der Waals surface area (Å²) in [6.45, 7) is 10.9. The Labute approximate surface area is 129 Å². The third kappa shape index (κ3) is 3.26. The molecule has 0 aromatic heterocycles. The molecule has 4 nitrogen and oxygen atoms in total. The van der Waals surface area contributed by atoms with E-state index in [0.29, 0.717) is 23.3 Å². The zero-order valence-electron chi connectivity index (χ0n) is 13.7. The van der Waals surface area contributed by atoms with E-state index in [1.54, 1.807) is 0 Å². The molecule has 120 valence electrons. The van der Waals surface area contributed by atoms with Gasteiger partial charge in [0.15, 0.2) is 0 Å². The van der Waals surface area contributed by atoms with Gasteiger partial charge in [-0.05, 0) is 64.5 Å². The zero-order chi connectivity index (χ0) is 14.9. The summed E-state index contributed by atoms with van der Waals surface area (Å²) in [4.78, 5) is 17.4. The molecule has 0 atom stereocenters. The van der Waals surface area contributed by atoms with Gasteiger partial charge in [0.2, 0.25) is 5.91 Å². The molecule has 1 amide bonds. The smallest absolute Gasteiger partial charge is 0.225 e. The standard InChI is InChI=1S/C17H31N3O/c1-14(2)19-8-3-9-20(11-10-19)16(21)15-12-17(13-15)4-6-18-7-5-17/h14-15,18H,3-13H2,1-2H3. The molecular weight excluding hydrogens is 262 g/mol. The Morgan fingerprint density at radius 1 is 1.10 bits per heavy atom. The van der Waals surface area contributed by atoms with Gasteiger partial charge < -0.3 is 10.2 Å². The average Bonchev–Trinajstić information content (AvgIpc) is 2.71. The molecule has 0 unspecified atom stereocenters. The number of amides is 1. The molecule has 3 fully saturated rings. The molecule has 0 aromatic carbocycles. The maximum absolute atomic E-state index is 12.7. The molecule has 2 saturated heterocycles. The summed E-state index contributed by atoms with van der Waals surface area (Å²) in [6.07, 6.45) is 5.98. The first-order valence-electron chi connectivity index (χ1n) is 8.83. The van der Waals surface area contributed by atoms with Gasteiger partial charge in [-0.2, -0.15) is 0 Å². The lowest BCUT2D eigenvalue weighted by molar-refractivity contribution is -0.144. The van der Waals surface area contributed by atoms with Crippen LogP contribution in [0.2, 0.25) is 0 Å². The van der Waals surface area contributed by atoms with E-state index in [9.17, 15) is 4.79 Å². The van der Waals surface area contributed by atoms with E-state index in [1.165, 1.54) is 12.8 Å². The molecular formula is C17H31N3O. The van der Waals surface area contributed by atoms with Crippen molar-refractivity contribution in [2.24, 2.45) is 11.3 Å². The van der Waals surface area contributed by atoms with E-state index in [-0.39, 0.29) is 0 Å². The van der Waals surface area contributed by atoms with Crippen LogP contribution in [-0.2, 0) is 4.79 Å². The van der Waals surface area contributed by atoms with E-state index < -0.39 is 0 Å². The fourth-order valence-corrected chi connectivity index (χ4v) is 4.46. The molecule has 21 heavy (non-hydrogen) atoms. The summed E-state index contributed by atoms with van der Waals surface area (Å²) in [7, 11) is 0. The topological polar surface area (TPSA) is 35.6 Å². The molecule has 1 aliphatic carbocycles. The van der Waals surface area contributed by atoms with E-state index in [1.807, 2.05) is 0 Å². The van der Waals surface area contributed by atoms with E-state index in [2.05, 4.69) is 29.0 Å². The number of nitrogens with zero attached hydrogens (tertiary/aromatic N) is 2. The van der Waals surface area contributed by atoms with Crippen LogP contribution >= 0.6 is 0 Å². The highest BCUT2D eigenvalue weighted by Crippen LogP contribution is 2.52. The number of piperidine rings is 1. The normalized spacial score (nSPS) is 27.7. The second-order valence-electron chi connectivity index (χ2n) is 7.66. The monoisotopic (exact) mass is 293 g/mol. The van der Waals surface area contributed by atoms with Gasteiger partial charge in [-0.3, -0.25) is 9.69 Å². The lowest BCUT2D eigenvalue weighted by Crippen LogP contribution is -2.51. The van der Waals surface area contributed by atoms with Crippen LogP contribution < -0.4 is 5.32 Å². The molecule has 1 saturated carbocycles. The maximum Gasteiger partial charge on any atom is 0.225 e. The minimum absolute atomic E-state index is 0.327. The molecule has 2 heterocycles. The van der Waals surface area contributed by atoms with Crippen molar-refractivity contribution >= 4 is 5.91 Å². The molecule has 3 aliphatic rings. The van der Waals surface area contributed by atoms with Crippen molar-refractivity contribution in [3.05, 3.63) is 0 Å². The number of carbonyl (C=O) groups excluding carboxylic acids is 1. The SMILES string of the molecule is CC(C)N1CCCN(C(=O)C2CC3(CCNCC3)C2)CC1. The van der Waals surface area contributed by atoms with Crippen LogP contribution in [0.5, 0.6) is 0 Å². The maximum atomic E-state index is 12.7. The van der Waals surface area contributed by atoms with Crippen LogP contribution in [0.1, 0.15) is 46.0 Å². The predicted molar refractivity (Wildman–Crippen MR) is 85.2 cm³/mol. The molecule has 0 radical (unpaired) electrons. The number of nitrogens with one attached hydrogen (secondary N) is 1. The Hall–Kier alpha value is -0.610. The summed E-state index contributed by atoms with van der Waals surface area (Å²) in [5.41, 5.74) is 0.515. The van der Waals surface area contributed by atoms with Gasteiger partial charge in [-0.1, -0.05) is 0 Å². The summed E-state index contributed by atoms with van der Waals surface area (Å²) in [5.74, 6) is 0.776. The fraction of sp³-hybridized carbons (Fsp3) is 0.941. The number of rotatable bonds is 2. The highest BCUT2D eigenvalue weighted by Gasteiger charge is 2.48. The second kappa shape index (κ2) is 6.25. The summed E-state index contributed by atoms with van der Waals surface area (Å²) >= 11 is 0. The molecule has 0 aromatic rings. The Morgan fingerprint density at radius 3 is 2.48 bits per heavy atom. The molecule has 0 bridgehead atoms. The van der Waals surface area contributed by atoms with Crippen LogP contribution in [0.15, 0.2) is 0 Å². The van der Waals surface area contributed by atoms with Gasteiger partial charge >= 0.3 is 0 Å². The van der Waals surface area contributed by atoms with Gasteiger partial charge in [0.1, 0.15) is 0 Å². The molecule has 1 spiro atoms. The summed E-state index contributed by atoms with van der Waals surface area (Å²) < 4.78 is 0. The van der Waals surface area contributed by atoms with Gasteiger partial charge in [-0.15, -0.1) is 0 Å². The molecule has 1 N–H and O–H groups in total. The van der Waals surface area contributed by atoms with Crippen LogP contribution in [0.25, 0.3) is 0 Å². The first-order valence-corrected chi connectivity index (χ1v) is 8.83. The summed E-state index contributed by atoms with van der Waals surface area (Å²) in [5, 5.41) is 3.44. The van der Waals surface area contributed by atoms with Crippen molar-refractivity contribution in [3.63, 3.8) is 0 Å². The fourth-order valence-electron chi connectivity index (χ4n) is 4.46. The second-order valence-corrected chi connectivity index (χ2v) is 7.66. The zero-order valence-corrected chi connectivity index (χ0v) is 13.7. The first kappa shape index (κ1) is 15.3. The minimum atomic E-state index is 0.327. The van der Waals surface area contributed by atoms with Gasteiger partial charge in [0.05, 0.1) is 0 Å². The van der Waals surface area contributed by atoms with Gasteiger partial charge in [0.25, 0.3) is 0 Å². The molecule has 3 rings (SSSR count). The van der Waals surface area contributed by atoms with Crippen molar-refractivity contribution in [1.29, 1.82) is 0 Å². The third-order valence-corrected chi connectivity index (χ3v) is 5.94. The Balaban J connectivity index is 1.50. The molecule has 2 aliphatic heterocycles. The summed E-state index contributed by atoms with van der Waals surface area (Å²) in [6, 6.07) is 0.599. The van der Waals surface area contributed by atoms with E-state index in [4.69, 9.17) is 0 Å². The largest absolute Gasteiger partial charge is 0.341 e. The van der Waals surface area contributed by atoms with Gasteiger partial charge in [0, 0.05) is 38.1 Å². The first-order chi connectivity index (χ1) is 10.1. The van der Waals surface area contributed by atoms with Crippen LogP contribution in [0.4, 0.5) is 0 Å². The Morgan fingerprint density at radius 2 is 1.81 bits per heavy atom. The van der Waals surface area contributed by atoms with Crippen molar-refractivity contribution in [2.45, 2.75) is 52.0 Å². The minimum Gasteiger partial charge on any atom is -0.341 e.